The molecule has 0 aromatic carbocycles. The standard InChI is InChI=1S/C10H10N2O3/c11-10(14)8-3-6(5-13)9(4-12-8)15-7-1-2-7/h3-5,7H,1-2H2,(H2,11,14). The third-order valence-electron chi connectivity index (χ3n) is 2.10. The summed E-state index contributed by atoms with van der Waals surface area (Å²) in [6.45, 7) is 0. The van der Waals surface area contributed by atoms with Crippen LogP contribution in [0.15, 0.2) is 12.3 Å². The van der Waals surface area contributed by atoms with Crippen molar-refractivity contribution in [2.24, 2.45) is 5.73 Å². The molecule has 1 aliphatic carbocycles. The van der Waals surface area contributed by atoms with E-state index in [-0.39, 0.29) is 11.8 Å². The van der Waals surface area contributed by atoms with Crippen LogP contribution in [0.4, 0.5) is 0 Å². The molecule has 0 unspecified atom stereocenters. The average molecular weight is 206 g/mol. The molecule has 2 N–H and O–H groups in total. The molecule has 1 aromatic rings. The zero-order valence-electron chi connectivity index (χ0n) is 7.97. The van der Waals surface area contributed by atoms with Gasteiger partial charge in [0.15, 0.2) is 6.29 Å². The maximum Gasteiger partial charge on any atom is 0.267 e. The Morgan fingerprint density at radius 2 is 2.33 bits per heavy atom. The number of hydrogen-bond donors (Lipinski definition) is 1. The zero-order chi connectivity index (χ0) is 10.8. The van der Waals surface area contributed by atoms with E-state index in [2.05, 4.69) is 4.98 Å². The Morgan fingerprint density at radius 3 is 2.87 bits per heavy atom. The lowest BCUT2D eigenvalue weighted by atomic mass is 10.2. The van der Waals surface area contributed by atoms with Crippen LogP contribution < -0.4 is 10.5 Å². The lowest BCUT2D eigenvalue weighted by Gasteiger charge is -2.06. The van der Waals surface area contributed by atoms with Gasteiger partial charge in [-0.15, -0.1) is 0 Å². The topological polar surface area (TPSA) is 82.3 Å². The molecule has 1 amide bonds. The van der Waals surface area contributed by atoms with Gasteiger partial charge in [0, 0.05) is 0 Å². The van der Waals surface area contributed by atoms with E-state index < -0.39 is 5.91 Å². The first-order valence-electron chi connectivity index (χ1n) is 4.62. The molecule has 1 aromatic heterocycles. The van der Waals surface area contributed by atoms with Crippen molar-refractivity contribution in [3.63, 3.8) is 0 Å². The van der Waals surface area contributed by atoms with Crippen molar-refractivity contribution < 1.29 is 14.3 Å². The summed E-state index contributed by atoms with van der Waals surface area (Å²) >= 11 is 0. The second-order valence-corrected chi connectivity index (χ2v) is 3.41. The fourth-order valence-electron chi connectivity index (χ4n) is 1.15. The number of primary amides is 1. The van der Waals surface area contributed by atoms with E-state index in [1.54, 1.807) is 0 Å². The van der Waals surface area contributed by atoms with E-state index in [0.717, 1.165) is 12.8 Å². The van der Waals surface area contributed by atoms with Crippen molar-refractivity contribution in [2.45, 2.75) is 18.9 Å². The van der Waals surface area contributed by atoms with Crippen LogP contribution in [-0.2, 0) is 0 Å². The van der Waals surface area contributed by atoms with Crippen LogP contribution in [0.2, 0.25) is 0 Å². The first-order valence-corrected chi connectivity index (χ1v) is 4.62. The molecule has 5 nitrogen and oxygen atoms in total. The Morgan fingerprint density at radius 1 is 1.60 bits per heavy atom. The molecule has 0 aliphatic heterocycles. The smallest absolute Gasteiger partial charge is 0.267 e. The number of ether oxygens (including phenoxy) is 1. The van der Waals surface area contributed by atoms with Gasteiger partial charge in [-0.2, -0.15) is 0 Å². The predicted octanol–water partition coefficient (Wildman–Crippen LogP) is 0.534. The van der Waals surface area contributed by atoms with Crippen molar-refractivity contribution in [1.82, 2.24) is 4.98 Å². The maximum atomic E-state index is 10.8. The molecule has 1 heterocycles. The second-order valence-electron chi connectivity index (χ2n) is 3.41. The van der Waals surface area contributed by atoms with Gasteiger partial charge in [0.05, 0.1) is 17.9 Å². The van der Waals surface area contributed by atoms with E-state index in [1.807, 2.05) is 0 Å². The van der Waals surface area contributed by atoms with E-state index in [1.165, 1.54) is 12.3 Å². The van der Waals surface area contributed by atoms with Crippen molar-refractivity contribution in [3.8, 4) is 5.75 Å². The normalized spacial score (nSPS) is 14.7. The van der Waals surface area contributed by atoms with Crippen LogP contribution in [0, 0.1) is 0 Å². The number of rotatable bonds is 4. The number of pyridine rings is 1. The molecule has 15 heavy (non-hydrogen) atoms. The Kier molecular flexibility index (Phi) is 2.37. The highest BCUT2D eigenvalue weighted by Crippen LogP contribution is 2.28. The molecule has 1 aliphatic rings. The van der Waals surface area contributed by atoms with Gasteiger partial charge in [-0.3, -0.25) is 9.59 Å². The van der Waals surface area contributed by atoms with Crippen LogP contribution in [0.1, 0.15) is 33.7 Å². The Hall–Kier alpha value is -1.91. The third-order valence-corrected chi connectivity index (χ3v) is 2.10. The molecule has 1 fully saturated rings. The van der Waals surface area contributed by atoms with Crippen LogP contribution in [0.25, 0.3) is 0 Å². The van der Waals surface area contributed by atoms with Crippen molar-refractivity contribution in [3.05, 3.63) is 23.5 Å². The minimum absolute atomic E-state index is 0.0697. The van der Waals surface area contributed by atoms with E-state index in [9.17, 15) is 9.59 Å². The fraction of sp³-hybridized carbons (Fsp3) is 0.300. The highest BCUT2D eigenvalue weighted by molar-refractivity contribution is 5.93. The monoisotopic (exact) mass is 206 g/mol. The lowest BCUT2D eigenvalue weighted by molar-refractivity contribution is 0.0995. The van der Waals surface area contributed by atoms with E-state index in [0.29, 0.717) is 17.6 Å². The summed E-state index contributed by atoms with van der Waals surface area (Å²) < 4.78 is 5.44. The summed E-state index contributed by atoms with van der Waals surface area (Å²) in [6, 6.07) is 1.34. The number of carbonyl (C=O) groups is 2. The molecule has 1 saturated carbocycles. The number of aldehydes is 1. The largest absolute Gasteiger partial charge is 0.488 e. The molecule has 2 rings (SSSR count). The number of carbonyl (C=O) groups excluding carboxylic acids is 2. The van der Waals surface area contributed by atoms with Gasteiger partial charge in [0.25, 0.3) is 5.91 Å². The Balaban J connectivity index is 2.29. The first kappa shape index (κ1) is 9.64. The molecule has 0 saturated heterocycles. The highest BCUT2D eigenvalue weighted by atomic mass is 16.5. The summed E-state index contributed by atoms with van der Waals surface area (Å²) in [7, 11) is 0. The van der Waals surface area contributed by atoms with Crippen LogP contribution >= 0.6 is 0 Å². The molecule has 78 valence electrons. The predicted molar refractivity (Wildman–Crippen MR) is 51.8 cm³/mol. The van der Waals surface area contributed by atoms with Gasteiger partial charge in [0.1, 0.15) is 11.4 Å². The van der Waals surface area contributed by atoms with Gasteiger partial charge < -0.3 is 10.5 Å². The van der Waals surface area contributed by atoms with E-state index in [4.69, 9.17) is 10.5 Å². The first-order chi connectivity index (χ1) is 7.20. The molecular formula is C10H10N2O3. The number of aromatic nitrogens is 1. The quantitative estimate of drug-likeness (QED) is 0.728. The number of amides is 1. The van der Waals surface area contributed by atoms with Crippen LogP contribution in [0.5, 0.6) is 5.75 Å². The minimum Gasteiger partial charge on any atom is -0.488 e. The Bertz CT molecular complexity index is 413. The van der Waals surface area contributed by atoms with Gasteiger partial charge in [-0.1, -0.05) is 0 Å². The van der Waals surface area contributed by atoms with E-state index >= 15 is 0 Å². The molecule has 5 heteroatoms. The van der Waals surface area contributed by atoms with Gasteiger partial charge in [-0.25, -0.2) is 4.98 Å². The molecule has 0 spiro atoms. The summed E-state index contributed by atoms with van der Waals surface area (Å²) in [5.74, 6) is -0.242. The average Bonchev–Trinajstić information content (AvgIpc) is 3.02. The van der Waals surface area contributed by atoms with Crippen molar-refractivity contribution in [2.75, 3.05) is 0 Å². The van der Waals surface area contributed by atoms with Gasteiger partial charge >= 0.3 is 0 Å². The third kappa shape index (κ3) is 2.12. The zero-order valence-corrected chi connectivity index (χ0v) is 7.97. The minimum atomic E-state index is -0.656. The van der Waals surface area contributed by atoms with Crippen LogP contribution in [-0.4, -0.2) is 23.3 Å². The van der Waals surface area contributed by atoms with Crippen molar-refractivity contribution in [1.29, 1.82) is 0 Å². The number of nitrogens with zero attached hydrogens (tertiary/aromatic N) is 1. The summed E-state index contributed by atoms with van der Waals surface area (Å²) in [6.07, 6.45) is 4.17. The summed E-state index contributed by atoms with van der Waals surface area (Å²) in [5, 5.41) is 0. The SMILES string of the molecule is NC(=O)c1cc(C=O)c(OC2CC2)cn1. The van der Waals surface area contributed by atoms with Crippen LogP contribution in [0.3, 0.4) is 0 Å². The summed E-state index contributed by atoms with van der Waals surface area (Å²) in [5.41, 5.74) is 5.42. The van der Waals surface area contributed by atoms with Gasteiger partial charge in [0.2, 0.25) is 0 Å². The summed E-state index contributed by atoms with van der Waals surface area (Å²) in [4.78, 5) is 25.4. The maximum absolute atomic E-state index is 10.8. The van der Waals surface area contributed by atoms with Crippen molar-refractivity contribution >= 4 is 12.2 Å². The molecule has 0 radical (unpaired) electrons. The fourth-order valence-corrected chi connectivity index (χ4v) is 1.15. The molecular weight excluding hydrogens is 196 g/mol. The van der Waals surface area contributed by atoms with Gasteiger partial charge in [-0.05, 0) is 18.9 Å². The lowest BCUT2D eigenvalue weighted by Crippen LogP contribution is -2.14. The number of hydrogen-bond acceptors (Lipinski definition) is 4. The highest BCUT2D eigenvalue weighted by Gasteiger charge is 2.24. The molecule has 0 bridgehead atoms. The Labute approximate surface area is 86.2 Å². The molecule has 0 atom stereocenters. The number of nitrogens with two attached hydrogens (primary N) is 1. The second kappa shape index (κ2) is 3.68.